The number of aromatic nitrogens is 2. The molecule has 3 aromatic rings. The molecule has 0 atom stereocenters. The van der Waals surface area contributed by atoms with Crippen LogP contribution in [0.1, 0.15) is 18.1 Å². The highest BCUT2D eigenvalue weighted by atomic mass is 32.2. The van der Waals surface area contributed by atoms with E-state index in [4.69, 9.17) is 0 Å². The van der Waals surface area contributed by atoms with Crippen LogP contribution in [0.25, 0.3) is 0 Å². The van der Waals surface area contributed by atoms with E-state index in [9.17, 15) is 12.8 Å². The summed E-state index contributed by atoms with van der Waals surface area (Å²) in [6.07, 6.45) is 0.839. The Kier molecular flexibility index (Phi) is 5.66. The van der Waals surface area contributed by atoms with Crippen molar-refractivity contribution in [3.8, 4) is 0 Å². The summed E-state index contributed by atoms with van der Waals surface area (Å²) < 4.78 is 40.1. The second-order valence-electron chi connectivity index (χ2n) is 5.89. The van der Waals surface area contributed by atoms with Crippen molar-refractivity contribution in [2.45, 2.75) is 24.8 Å². The lowest BCUT2D eigenvalue weighted by Gasteiger charge is -2.09. The van der Waals surface area contributed by atoms with E-state index in [0.29, 0.717) is 12.4 Å². The maximum atomic E-state index is 12.9. The molecule has 0 aliphatic rings. The van der Waals surface area contributed by atoms with Gasteiger partial charge in [0.15, 0.2) is 5.82 Å². The minimum atomic E-state index is -3.72. The third kappa shape index (κ3) is 5.01. The second kappa shape index (κ2) is 8.13. The lowest BCUT2D eigenvalue weighted by Crippen LogP contribution is -2.14. The monoisotopic (exact) mass is 386 g/mol. The number of anilines is 2. The quantitative estimate of drug-likeness (QED) is 0.648. The fraction of sp³-hybridized carbons (Fsp3) is 0.158. The number of halogens is 1. The van der Waals surface area contributed by atoms with Gasteiger partial charge < -0.3 is 5.32 Å². The molecule has 6 nitrogen and oxygen atoms in total. The first-order chi connectivity index (χ1) is 13.0. The van der Waals surface area contributed by atoms with E-state index in [0.717, 1.165) is 17.5 Å². The van der Waals surface area contributed by atoms with Crippen molar-refractivity contribution < 1.29 is 12.8 Å². The first-order valence-electron chi connectivity index (χ1n) is 8.40. The summed E-state index contributed by atoms with van der Waals surface area (Å²) >= 11 is 0. The third-order valence-electron chi connectivity index (χ3n) is 3.93. The Morgan fingerprint density at radius 1 is 0.852 bits per heavy atom. The predicted octanol–water partition coefficient (Wildman–Crippen LogP) is 3.59. The van der Waals surface area contributed by atoms with Gasteiger partial charge in [0.25, 0.3) is 10.0 Å². The molecule has 140 valence electrons. The van der Waals surface area contributed by atoms with Crippen LogP contribution in [0.5, 0.6) is 0 Å². The first-order valence-corrected chi connectivity index (χ1v) is 9.88. The summed E-state index contributed by atoms with van der Waals surface area (Å²) in [6.45, 7) is 2.45. The molecule has 0 radical (unpaired) electrons. The third-order valence-corrected chi connectivity index (χ3v) is 5.30. The van der Waals surface area contributed by atoms with E-state index in [1.54, 1.807) is 42.5 Å². The number of hydrogen-bond acceptors (Lipinski definition) is 5. The number of nitrogens with one attached hydrogen (secondary N) is 2. The van der Waals surface area contributed by atoms with Crippen molar-refractivity contribution in [2.75, 3.05) is 10.0 Å². The van der Waals surface area contributed by atoms with Gasteiger partial charge in [0.1, 0.15) is 11.6 Å². The van der Waals surface area contributed by atoms with Gasteiger partial charge in [-0.05, 0) is 53.9 Å². The molecule has 0 saturated carbocycles. The molecule has 0 aliphatic heterocycles. The van der Waals surface area contributed by atoms with Crippen molar-refractivity contribution in [3.05, 3.63) is 77.6 Å². The minimum Gasteiger partial charge on any atom is -0.365 e. The molecule has 0 amide bonds. The summed E-state index contributed by atoms with van der Waals surface area (Å²) in [5, 5.41) is 10.9. The SMILES string of the molecule is CCc1ccc(S(=O)(=O)Nc2ccc(NCc3ccc(F)cc3)nn2)cc1. The topological polar surface area (TPSA) is 84.0 Å². The van der Waals surface area contributed by atoms with Crippen LogP contribution in [0.2, 0.25) is 0 Å². The molecule has 1 aromatic heterocycles. The van der Waals surface area contributed by atoms with Crippen LogP contribution in [0, 0.1) is 5.82 Å². The largest absolute Gasteiger partial charge is 0.365 e. The standard InChI is InChI=1S/C19H19FN4O2S/c1-2-14-5-9-17(10-6-14)27(25,26)24-19-12-11-18(22-23-19)21-13-15-3-7-16(20)8-4-15/h3-12H,2,13H2,1H3,(H,21,22)(H,23,24). The molecule has 0 aliphatic carbocycles. The molecule has 1 heterocycles. The van der Waals surface area contributed by atoms with E-state index in [1.807, 2.05) is 6.92 Å². The molecule has 2 N–H and O–H groups in total. The zero-order valence-electron chi connectivity index (χ0n) is 14.7. The van der Waals surface area contributed by atoms with E-state index >= 15 is 0 Å². The van der Waals surface area contributed by atoms with Crippen LogP contribution in [0.15, 0.2) is 65.6 Å². The predicted molar refractivity (Wildman–Crippen MR) is 102 cm³/mol. The lowest BCUT2D eigenvalue weighted by molar-refractivity contribution is 0.601. The number of aryl methyl sites for hydroxylation is 1. The average molecular weight is 386 g/mol. The zero-order valence-corrected chi connectivity index (χ0v) is 15.5. The molecule has 0 saturated heterocycles. The summed E-state index contributed by atoms with van der Waals surface area (Å²) in [6, 6.07) is 15.9. The normalized spacial score (nSPS) is 11.2. The molecule has 27 heavy (non-hydrogen) atoms. The van der Waals surface area contributed by atoms with Crippen molar-refractivity contribution in [3.63, 3.8) is 0 Å². The summed E-state index contributed by atoms with van der Waals surface area (Å²) in [5.74, 6) is 0.316. The van der Waals surface area contributed by atoms with Gasteiger partial charge in [0.05, 0.1) is 4.90 Å². The van der Waals surface area contributed by atoms with Crippen LogP contribution in [0.4, 0.5) is 16.0 Å². The van der Waals surface area contributed by atoms with Crippen LogP contribution in [-0.4, -0.2) is 18.6 Å². The highest BCUT2D eigenvalue weighted by Gasteiger charge is 2.15. The van der Waals surface area contributed by atoms with Gasteiger partial charge in [-0.1, -0.05) is 31.2 Å². The number of sulfonamides is 1. The highest BCUT2D eigenvalue weighted by molar-refractivity contribution is 7.92. The van der Waals surface area contributed by atoms with Gasteiger partial charge in [-0.25, -0.2) is 12.8 Å². The first kappa shape index (κ1) is 18.8. The van der Waals surface area contributed by atoms with Gasteiger partial charge in [-0.15, -0.1) is 10.2 Å². The summed E-state index contributed by atoms with van der Waals surface area (Å²) in [4.78, 5) is 0.167. The molecule has 0 fully saturated rings. The van der Waals surface area contributed by atoms with Crippen LogP contribution in [0.3, 0.4) is 0 Å². The number of benzene rings is 2. The molecule has 3 rings (SSSR count). The number of rotatable bonds is 7. The molecular formula is C19H19FN4O2S. The molecule has 0 unspecified atom stereocenters. The smallest absolute Gasteiger partial charge is 0.263 e. The van der Waals surface area contributed by atoms with Gasteiger partial charge in [-0.2, -0.15) is 0 Å². The number of hydrogen-bond donors (Lipinski definition) is 2. The Balaban J connectivity index is 1.63. The maximum Gasteiger partial charge on any atom is 0.263 e. The van der Waals surface area contributed by atoms with Gasteiger partial charge in [0.2, 0.25) is 0 Å². The van der Waals surface area contributed by atoms with E-state index < -0.39 is 10.0 Å². The molecule has 8 heteroatoms. The van der Waals surface area contributed by atoms with Crippen LogP contribution in [-0.2, 0) is 23.0 Å². The second-order valence-corrected chi connectivity index (χ2v) is 7.57. The van der Waals surface area contributed by atoms with E-state index in [2.05, 4.69) is 20.2 Å². The van der Waals surface area contributed by atoms with Crippen molar-refractivity contribution in [1.29, 1.82) is 0 Å². The lowest BCUT2D eigenvalue weighted by atomic mass is 10.2. The Hall–Kier alpha value is -3.00. The Labute approximate surface area is 157 Å². The molecule has 0 bridgehead atoms. The van der Waals surface area contributed by atoms with Gasteiger partial charge in [0, 0.05) is 6.54 Å². The van der Waals surface area contributed by atoms with Crippen molar-refractivity contribution in [1.82, 2.24) is 10.2 Å². The van der Waals surface area contributed by atoms with Gasteiger partial charge in [-0.3, -0.25) is 4.72 Å². The fourth-order valence-electron chi connectivity index (χ4n) is 2.38. The highest BCUT2D eigenvalue weighted by Crippen LogP contribution is 2.16. The van der Waals surface area contributed by atoms with Crippen LogP contribution >= 0.6 is 0 Å². The van der Waals surface area contributed by atoms with Crippen LogP contribution < -0.4 is 10.0 Å². The Bertz CT molecular complexity index is 989. The zero-order chi connectivity index (χ0) is 19.3. The summed E-state index contributed by atoms with van der Waals surface area (Å²) in [5.41, 5.74) is 1.95. The number of nitrogens with zero attached hydrogens (tertiary/aromatic N) is 2. The van der Waals surface area contributed by atoms with E-state index in [-0.39, 0.29) is 16.5 Å². The van der Waals surface area contributed by atoms with E-state index in [1.165, 1.54) is 18.2 Å². The summed E-state index contributed by atoms with van der Waals surface area (Å²) in [7, 11) is -3.72. The fourth-order valence-corrected chi connectivity index (χ4v) is 3.37. The maximum absolute atomic E-state index is 12.9. The Morgan fingerprint density at radius 2 is 1.44 bits per heavy atom. The molecule has 0 spiro atoms. The average Bonchev–Trinajstić information content (AvgIpc) is 2.68. The van der Waals surface area contributed by atoms with Crippen molar-refractivity contribution >= 4 is 21.7 Å². The minimum absolute atomic E-state index is 0.127. The Morgan fingerprint density at radius 3 is 2.04 bits per heavy atom. The molecule has 2 aromatic carbocycles. The van der Waals surface area contributed by atoms with Crippen molar-refractivity contribution in [2.24, 2.45) is 0 Å². The molecular weight excluding hydrogens is 367 g/mol. The van der Waals surface area contributed by atoms with Gasteiger partial charge >= 0.3 is 0 Å².